The van der Waals surface area contributed by atoms with Gasteiger partial charge in [0.05, 0.1) is 8.66 Å². The third-order valence-electron chi connectivity index (χ3n) is 3.34. The van der Waals surface area contributed by atoms with Crippen LogP contribution in [0.2, 0.25) is 0 Å². The van der Waals surface area contributed by atoms with Gasteiger partial charge in [0.15, 0.2) is 0 Å². The largest absolute Gasteiger partial charge is 0.324 e. The van der Waals surface area contributed by atoms with Crippen molar-refractivity contribution < 1.29 is 9.59 Å². The van der Waals surface area contributed by atoms with E-state index >= 15 is 0 Å². The monoisotopic (exact) mass is 364 g/mol. The predicted molar refractivity (Wildman–Crippen MR) is 86.6 cm³/mol. The summed E-state index contributed by atoms with van der Waals surface area (Å²) in [7, 11) is 0. The highest BCUT2D eigenvalue weighted by Crippen LogP contribution is 2.29. The van der Waals surface area contributed by atoms with Gasteiger partial charge >= 0.3 is 0 Å². The Hall–Kier alpha value is -1.66. The summed E-state index contributed by atoms with van der Waals surface area (Å²) in [6, 6.07) is 9.41. The average molecular weight is 365 g/mol. The van der Waals surface area contributed by atoms with E-state index in [9.17, 15) is 9.59 Å². The smallest absolute Gasteiger partial charge is 0.264 e. The quantitative estimate of drug-likeness (QED) is 0.842. The zero-order valence-corrected chi connectivity index (χ0v) is 13.8. The van der Waals surface area contributed by atoms with Crippen molar-refractivity contribution in [2.45, 2.75) is 13.5 Å². The molecule has 6 heteroatoms. The molecule has 0 spiro atoms. The lowest BCUT2D eigenvalue weighted by atomic mass is 10.1. The summed E-state index contributed by atoms with van der Waals surface area (Å²) in [5.41, 5.74) is 2.76. The zero-order valence-electron chi connectivity index (χ0n) is 11.4. The first kappa shape index (κ1) is 14.3. The number of carbonyl (C=O) groups is 2. The number of nitrogens with one attached hydrogen (secondary N) is 1. The maximum Gasteiger partial charge on any atom is 0.264 e. The number of thiophene rings is 1. The van der Waals surface area contributed by atoms with E-state index in [0.717, 1.165) is 20.6 Å². The van der Waals surface area contributed by atoms with Crippen LogP contribution in [-0.4, -0.2) is 23.3 Å². The van der Waals surface area contributed by atoms with E-state index in [0.29, 0.717) is 11.4 Å². The summed E-state index contributed by atoms with van der Waals surface area (Å²) in [6.45, 7) is 2.45. The zero-order chi connectivity index (χ0) is 15.0. The van der Waals surface area contributed by atoms with Crippen LogP contribution in [0.25, 0.3) is 0 Å². The minimum absolute atomic E-state index is 0.0715. The molecule has 1 N–H and O–H groups in total. The van der Waals surface area contributed by atoms with Gasteiger partial charge in [0.25, 0.3) is 5.91 Å². The molecular formula is C15H13BrN2O2S. The van der Waals surface area contributed by atoms with Gasteiger partial charge in [-0.2, -0.15) is 0 Å². The first-order chi connectivity index (χ1) is 10.0. The standard InChI is InChI=1S/C15H13BrN2O2S/c1-9-6-12(21-14(9)16)15(20)18-7-10-4-2-3-5-11(10)17-13(19)8-18/h2-6H,7-8H2,1H3,(H,17,19). The van der Waals surface area contributed by atoms with Gasteiger partial charge in [-0.3, -0.25) is 9.59 Å². The van der Waals surface area contributed by atoms with Gasteiger partial charge in [-0.05, 0) is 46.1 Å². The first-order valence-corrected chi connectivity index (χ1v) is 8.08. The minimum Gasteiger partial charge on any atom is -0.324 e. The fourth-order valence-electron chi connectivity index (χ4n) is 2.27. The fraction of sp³-hybridized carbons (Fsp3) is 0.200. The molecule has 108 valence electrons. The van der Waals surface area contributed by atoms with Crippen LogP contribution in [0, 0.1) is 6.92 Å². The Labute approximate surface area is 134 Å². The van der Waals surface area contributed by atoms with Crippen LogP contribution in [0.3, 0.4) is 0 Å². The number of hydrogen-bond donors (Lipinski definition) is 1. The van der Waals surface area contributed by atoms with E-state index in [1.807, 2.05) is 37.3 Å². The predicted octanol–water partition coefficient (Wildman–Crippen LogP) is 3.41. The lowest BCUT2D eigenvalue weighted by molar-refractivity contribution is -0.116. The maximum absolute atomic E-state index is 12.6. The Kier molecular flexibility index (Phi) is 3.82. The lowest BCUT2D eigenvalue weighted by Gasteiger charge is -2.18. The van der Waals surface area contributed by atoms with Gasteiger partial charge in [0.2, 0.25) is 5.91 Å². The van der Waals surface area contributed by atoms with Crippen molar-refractivity contribution in [3.63, 3.8) is 0 Å². The molecule has 2 heterocycles. The normalized spacial score (nSPS) is 14.4. The van der Waals surface area contributed by atoms with Crippen molar-refractivity contribution in [1.29, 1.82) is 0 Å². The third-order valence-corrected chi connectivity index (χ3v) is 5.47. The molecule has 0 saturated carbocycles. The number of hydrogen-bond acceptors (Lipinski definition) is 3. The SMILES string of the molecule is Cc1cc(C(=O)N2CC(=O)Nc3ccccc3C2)sc1Br. The van der Waals surface area contributed by atoms with Gasteiger partial charge in [-0.25, -0.2) is 0 Å². The van der Waals surface area contributed by atoms with Crippen molar-refractivity contribution in [1.82, 2.24) is 4.90 Å². The number of nitrogens with zero attached hydrogens (tertiary/aromatic N) is 1. The molecule has 0 bridgehead atoms. The molecular weight excluding hydrogens is 352 g/mol. The number of amides is 2. The van der Waals surface area contributed by atoms with E-state index in [2.05, 4.69) is 21.2 Å². The van der Waals surface area contributed by atoms with Crippen LogP contribution in [0.5, 0.6) is 0 Å². The van der Waals surface area contributed by atoms with E-state index in [4.69, 9.17) is 0 Å². The molecule has 2 aromatic rings. The summed E-state index contributed by atoms with van der Waals surface area (Å²) in [5, 5.41) is 2.84. The van der Waals surface area contributed by atoms with Crippen LogP contribution in [0.15, 0.2) is 34.1 Å². The van der Waals surface area contributed by atoms with Crippen molar-refractivity contribution in [2.75, 3.05) is 11.9 Å². The summed E-state index contributed by atoms with van der Waals surface area (Å²) in [6.07, 6.45) is 0. The van der Waals surface area contributed by atoms with Crippen LogP contribution in [-0.2, 0) is 11.3 Å². The third kappa shape index (κ3) is 2.87. The Morgan fingerprint density at radius 3 is 2.81 bits per heavy atom. The summed E-state index contributed by atoms with van der Waals surface area (Å²) in [4.78, 5) is 26.8. The Morgan fingerprint density at radius 2 is 2.10 bits per heavy atom. The Morgan fingerprint density at radius 1 is 1.33 bits per heavy atom. The summed E-state index contributed by atoms with van der Waals surface area (Å²) in [5.74, 6) is -0.277. The highest BCUT2D eigenvalue weighted by atomic mass is 79.9. The number of anilines is 1. The van der Waals surface area contributed by atoms with Crippen molar-refractivity contribution in [2.24, 2.45) is 0 Å². The van der Waals surface area contributed by atoms with Crippen LogP contribution in [0.1, 0.15) is 20.8 Å². The average Bonchev–Trinajstić information content (AvgIpc) is 2.69. The molecule has 21 heavy (non-hydrogen) atoms. The fourth-order valence-corrected chi connectivity index (χ4v) is 3.77. The number of benzene rings is 1. The highest BCUT2D eigenvalue weighted by molar-refractivity contribution is 9.11. The van der Waals surface area contributed by atoms with Gasteiger partial charge in [0, 0.05) is 12.2 Å². The van der Waals surface area contributed by atoms with Crippen molar-refractivity contribution in [3.8, 4) is 0 Å². The van der Waals surface area contributed by atoms with Crippen molar-refractivity contribution in [3.05, 3.63) is 50.1 Å². The Bertz CT molecular complexity index is 707. The lowest BCUT2D eigenvalue weighted by Crippen LogP contribution is -2.34. The number of carbonyl (C=O) groups excluding carboxylic acids is 2. The number of halogens is 1. The molecule has 3 rings (SSSR count). The maximum atomic E-state index is 12.6. The van der Waals surface area contributed by atoms with E-state index in [1.54, 1.807) is 4.90 Å². The molecule has 0 unspecified atom stereocenters. The molecule has 1 aromatic carbocycles. The molecule has 0 fully saturated rings. The van der Waals surface area contributed by atoms with Gasteiger partial charge in [-0.15, -0.1) is 11.3 Å². The minimum atomic E-state index is -0.166. The molecule has 1 aliphatic heterocycles. The highest BCUT2D eigenvalue weighted by Gasteiger charge is 2.25. The number of fused-ring (bicyclic) bond motifs is 1. The van der Waals surface area contributed by atoms with E-state index in [1.165, 1.54) is 11.3 Å². The topological polar surface area (TPSA) is 49.4 Å². The van der Waals surface area contributed by atoms with E-state index in [-0.39, 0.29) is 18.4 Å². The number of aryl methyl sites for hydroxylation is 1. The van der Waals surface area contributed by atoms with Gasteiger partial charge < -0.3 is 10.2 Å². The van der Waals surface area contributed by atoms with Gasteiger partial charge in [-0.1, -0.05) is 18.2 Å². The molecule has 0 saturated heterocycles. The second kappa shape index (κ2) is 5.61. The molecule has 0 radical (unpaired) electrons. The first-order valence-electron chi connectivity index (χ1n) is 6.47. The summed E-state index contributed by atoms with van der Waals surface area (Å²) >= 11 is 4.83. The molecule has 1 aromatic heterocycles. The number of para-hydroxylation sites is 1. The second-order valence-corrected chi connectivity index (χ2v) is 7.30. The van der Waals surface area contributed by atoms with Crippen LogP contribution < -0.4 is 5.32 Å². The Balaban J connectivity index is 1.91. The molecule has 0 aliphatic carbocycles. The van der Waals surface area contributed by atoms with Gasteiger partial charge in [0.1, 0.15) is 6.54 Å². The molecule has 0 atom stereocenters. The molecule has 4 nitrogen and oxygen atoms in total. The van der Waals surface area contributed by atoms with E-state index < -0.39 is 0 Å². The van der Waals surface area contributed by atoms with Crippen LogP contribution in [0.4, 0.5) is 5.69 Å². The van der Waals surface area contributed by atoms with Crippen molar-refractivity contribution >= 4 is 44.8 Å². The molecule has 1 aliphatic rings. The summed E-state index contributed by atoms with van der Waals surface area (Å²) < 4.78 is 0.950. The number of rotatable bonds is 1. The molecule has 2 amide bonds. The second-order valence-electron chi connectivity index (χ2n) is 4.93. The van der Waals surface area contributed by atoms with Crippen LogP contribution >= 0.6 is 27.3 Å².